The van der Waals surface area contributed by atoms with Crippen LogP contribution in [-0.2, 0) is 10.1 Å². The lowest BCUT2D eigenvalue weighted by atomic mass is 10.2. The monoisotopic (exact) mass is 416 g/mol. The van der Waals surface area contributed by atoms with Gasteiger partial charge in [0.25, 0.3) is 5.88 Å². The van der Waals surface area contributed by atoms with Crippen molar-refractivity contribution in [3.63, 3.8) is 0 Å². The quantitative estimate of drug-likeness (QED) is 0.474. The molecule has 0 fully saturated rings. The minimum absolute atomic E-state index is 0.0225. The van der Waals surface area contributed by atoms with E-state index in [9.17, 15) is 17.2 Å². The Kier molecular flexibility index (Phi) is 4.50. The van der Waals surface area contributed by atoms with Crippen LogP contribution in [0.15, 0.2) is 53.4 Å². The highest BCUT2D eigenvalue weighted by Gasteiger charge is 2.21. The summed E-state index contributed by atoms with van der Waals surface area (Å²) in [5.74, 6) is -1.84. The van der Waals surface area contributed by atoms with E-state index in [4.69, 9.17) is 4.18 Å². The zero-order valence-corrected chi connectivity index (χ0v) is 16.1. The Morgan fingerprint density at radius 1 is 0.966 bits per heavy atom. The molecule has 2 aromatic carbocycles. The highest BCUT2D eigenvalue weighted by Crippen LogP contribution is 2.26. The second kappa shape index (κ2) is 6.89. The molecule has 0 unspecified atom stereocenters. The van der Waals surface area contributed by atoms with E-state index in [1.165, 1.54) is 28.8 Å². The average Bonchev–Trinajstić information content (AvgIpc) is 3.07. The van der Waals surface area contributed by atoms with Crippen LogP contribution < -0.4 is 4.18 Å². The molecule has 0 radical (unpaired) electrons. The normalized spacial score (nSPS) is 11.7. The molecule has 148 valence electrons. The largest absolute Gasteiger partial charge is 0.356 e. The van der Waals surface area contributed by atoms with Crippen molar-refractivity contribution in [2.24, 2.45) is 0 Å². The van der Waals surface area contributed by atoms with Gasteiger partial charge in [0, 0.05) is 12.1 Å². The van der Waals surface area contributed by atoms with Crippen LogP contribution in [0.25, 0.3) is 16.9 Å². The Bertz CT molecular complexity index is 1340. The van der Waals surface area contributed by atoms with Crippen molar-refractivity contribution in [1.82, 2.24) is 19.8 Å². The van der Waals surface area contributed by atoms with E-state index in [0.29, 0.717) is 17.3 Å². The molecular weight excluding hydrogens is 402 g/mol. The van der Waals surface area contributed by atoms with Gasteiger partial charge in [-0.05, 0) is 38.1 Å². The fraction of sp³-hybridized carbons (Fsp3) is 0.105. The van der Waals surface area contributed by atoms with Gasteiger partial charge in [-0.25, -0.2) is 13.3 Å². The molecule has 0 aliphatic carbocycles. The van der Waals surface area contributed by atoms with Crippen molar-refractivity contribution in [2.75, 3.05) is 0 Å². The van der Waals surface area contributed by atoms with E-state index in [1.54, 1.807) is 19.1 Å². The van der Waals surface area contributed by atoms with E-state index in [2.05, 4.69) is 15.3 Å². The SMILES string of the molecule is Cc1ccc(S(=O)(=O)Oc2cc3c(C)nnc(-c4ccc(F)cc4F)n3n2)cc1. The zero-order valence-electron chi connectivity index (χ0n) is 15.3. The molecule has 2 heterocycles. The number of rotatable bonds is 4. The lowest BCUT2D eigenvalue weighted by molar-refractivity contribution is 0.473. The number of hydrogen-bond acceptors (Lipinski definition) is 6. The Labute approximate surface area is 164 Å². The summed E-state index contributed by atoms with van der Waals surface area (Å²) in [6.45, 7) is 3.46. The molecule has 0 N–H and O–H groups in total. The number of benzene rings is 2. The summed E-state index contributed by atoms with van der Waals surface area (Å²) < 4.78 is 58.8. The van der Waals surface area contributed by atoms with Crippen LogP contribution in [0.2, 0.25) is 0 Å². The highest BCUT2D eigenvalue weighted by atomic mass is 32.2. The van der Waals surface area contributed by atoms with Crippen LogP contribution in [-0.4, -0.2) is 28.2 Å². The van der Waals surface area contributed by atoms with Gasteiger partial charge >= 0.3 is 10.1 Å². The summed E-state index contributed by atoms with van der Waals surface area (Å²) in [6.07, 6.45) is 0. The first-order valence-electron chi connectivity index (χ1n) is 8.44. The number of halogens is 2. The van der Waals surface area contributed by atoms with Gasteiger partial charge in [-0.3, -0.25) is 0 Å². The standard InChI is InChI=1S/C19H14F2N4O3S/c1-11-3-6-14(7-4-11)29(26,27)28-18-10-17-12(2)22-23-19(25(17)24-18)15-8-5-13(20)9-16(15)21/h3-10H,1-2H3. The van der Waals surface area contributed by atoms with Crippen LogP contribution in [0.1, 0.15) is 11.3 Å². The molecule has 0 saturated heterocycles. The van der Waals surface area contributed by atoms with Gasteiger partial charge in [0.05, 0.1) is 16.8 Å². The molecule has 4 aromatic rings. The van der Waals surface area contributed by atoms with Crippen molar-refractivity contribution in [1.29, 1.82) is 0 Å². The van der Waals surface area contributed by atoms with Gasteiger partial charge in [-0.15, -0.1) is 10.2 Å². The first-order valence-corrected chi connectivity index (χ1v) is 9.85. The third-order valence-electron chi connectivity index (χ3n) is 4.23. The molecule has 0 bridgehead atoms. The smallest absolute Gasteiger partial charge is 0.340 e. The Hall–Kier alpha value is -3.40. The van der Waals surface area contributed by atoms with E-state index < -0.39 is 21.8 Å². The summed E-state index contributed by atoms with van der Waals surface area (Å²) in [5.41, 5.74) is 1.65. The predicted molar refractivity (Wildman–Crippen MR) is 99.9 cm³/mol. The molecule has 10 heteroatoms. The van der Waals surface area contributed by atoms with Crippen molar-refractivity contribution in [3.05, 3.63) is 71.4 Å². The number of aryl methyl sites for hydroxylation is 2. The summed E-state index contributed by atoms with van der Waals surface area (Å²) in [4.78, 5) is -0.0297. The molecule has 0 atom stereocenters. The Morgan fingerprint density at radius 2 is 1.69 bits per heavy atom. The lowest BCUT2D eigenvalue weighted by Crippen LogP contribution is -2.10. The number of nitrogens with zero attached hydrogens (tertiary/aromatic N) is 4. The number of fused-ring (bicyclic) bond motifs is 1. The fourth-order valence-corrected chi connectivity index (χ4v) is 3.61. The molecule has 7 nitrogen and oxygen atoms in total. The second-order valence-electron chi connectivity index (χ2n) is 6.36. The topological polar surface area (TPSA) is 86.5 Å². The van der Waals surface area contributed by atoms with E-state index >= 15 is 0 Å². The van der Waals surface area contributed by atoms with Crippen LogP contribution in [0.5, 0.6) is 5.88 Å². The fourth-order valence-electron chi connectivity index (χ4n) is 2.74. The molecular formula is C19H14F2N4O3S. The highest BCUT2D eigenvalue weighted by molar-refractivity contribution is 7.87. The summed E-state index contributed by atoms with van der Waals surface area (Å²) in [6, 6.07) is 10.5. The van der Waals surface area contributed by atoms with Crippen LogP contribution >= 0.6 is 0 Å². The lowest BCUT2D eigenvalue weighted by Gasteiger charge is -2.06. The summed E-state index contributed by atoms with van der Waals surface area (Å²) >= 11 is 0. The average molecular weight is 416 g/mol. The predicted octanol–water partition coefficient (Wildman–Crippen LogP) is 3.45. The molecule has 0 aliphatic heterocycles. The third kappa shape index (κ3) is 3.54. The maximum Gasteiger partial charge on any atom is 0.340 e. The van der Waals surface area contributed by atoms with Crippen LogP contribution in [0.3, 0.4) is 0 Å². The third-order valence-corrected chi connectivity index (χ3v) is 5.47. The van der Waals surface area contributed by atoms with Gasteiger partial charge in [-0.2, -0.15) is 13.5 Å². The number of hydrogen-bond donors (Lipinski definition) is 0. The molecule has 0 saturated carbocycles. The molecule has 29 heavy (non-hydrogen) atoms. The first-order chi connectivity index (χ1) is 13.7. The summed E-state index contributed by atoms with van der Waals surface area (Å²) in [5, 5.41) is 12.0. The van der Waals surface area contributed by atoms with Crippen molar-refractivity contribution >= 4 is 15.6 Å². The second-order valence-corrected chi connectivity index (χ2v) is 7.91. The maximum atomic E-state index is 14.2. The van der Waals surface area contributed by atoms with Gasteiger partial charge in [0.2, 0.25) is 0 Å². The van der Waals surface area contributed by atoms with Crippen molar-refractivity contribution < 1.29 is 21.4 Å². The Morgan fingerprint density at radius 3 is 2.38 bits per heavy atom. The van der Waals surface area contributed by atoms with Gasteiger partial charge in [-0.1, -0.05) is 17.7 Å². The van der Waals surface area contributed by atoms with Gasteiger partial charge < -0.3 is 4.18 Å². The molecule has 2 aromatic heterocycles. The zero-order chi connectivity index (χ0) is 20.8. The molecule has 0 spiro atoms. The maximum absolute atomic E-state index is 14.2. The van der Waals surface area contributed by atoms with E-state index in [0.717, 1.165) is 11.6 Å². The van der Waals surface area contributed by atoms with Gasteiger partial charge in [0.1, 0.15) is 16.5 Å². The Balaban J connectivity index is 1.80. The summed E-state index contributed by atoms with van der Waals surface area (Å²) in [7, 11) is -4.12. The minimum atomic E-state index is -4.12. The van der Waals surface area contributed by atoms with Crippen LogP contribution in [0.4, 0.5) is 8.78 Å². The van der Waals surface area contributed by atoms with Crippen LogP contribution in [0, 0.1) is 25.5 Å². The van der Waals surface area contributed by atoms with E-state index in [-0.39, 0.29) is 22.2 Å². The number of aromatic nitrogens is 4. The molecule has 0 aliphatic rings. The molecule has 0 amide bonds. The first kappa shape index (κ1) is 18.9. The minimum Gasteiger partial charge on any atom is -0.356 e. The van der Waals surface area contributed by atoms with Crippen molar-refractivity contribution in [2.45, 2.75) is 18.7 Å². The van der Waals surface area contributed by atoms with Crippen molar-refractivity contribution in [3.8, 4) is 17.3 Å². The van der Waals surface area contributed by atoms with E-state index in [1.807, 2.05) is 6.92 Å². The van der Waals surface area contributed by atoms with Gasteiger partial charge in [0.15, 0.2) is 5.82 Å². The molecule has 4 rings (SSSR count).